The van der Waals surface area contributed by atoms with Gasteiger partial charge in [-0.3, -0.25) is 0 Å². The SMILES string of the molecule is Cc1ccc(-c2ccccc2CN)c(C)c1. The molecule has 0 saturated carbocycles. The molecule has 0 bridgehead atoms. The monoisotopic (exact) mass is 211 g/mol. The van der Waals surface area contributed by atoms with Crippen LogP contribution < -0.4 is 5.73 Å². The van der Waals surface area contributed by atoms with Crippen LogP contribution in [-0.2, 0) is 6.54 Å². The second-order valence-electron chi connectivity index (χ2n) is 4.18. The molecule has 0 amide bonds. The predicted octanol–water partition coefficient (Wildman–Crippen LogP) is 3.43. The minimum Gasteiger partial charge on any atom is -0.326 e. The Morgan fingerprint density at radius 2 is 1.69 bits per heavy atom. The van der Waals surface area contributed by atoms with Crippen molar-refractivity contribution in [3.63, 3.8) is 0 Å². The van der Waals surface area contributed by atoms with Crippen molar-refractivity contribution >= 4 is 0 Å². The molecule has 0 aliphatic rings. The van der Waals surface area contributed by atoms with Gasteiger partial charge in [0.05, 0.1) is 0 Å². The van der Waals surface area contributed by atoms with Crippen LogP contribution >= 0.6 is 0 Å². The van der Waals surface area contributed by atoms with Gasteiger partial charge in [-0.05, 0) is 36.1 Å². The molecule has 82 valence electrons. The molecule has 0 saturated heterocycles. The number of benzene rings is 2. The molecule has 2 rings (SSSR count). The highest BCUT2D eigenvalue weighted by Gasteiger charge is 2.05. The molecule has 2 aromatic carbocycles. The lowest BCUT2D eigenvalue weighted by Gasteiger charge is -2.11. The van der Waals surface area contributed by atoms with Crippen molar-refractivity contribution in [3.05, 3.63) is 59.2 Å². The zero-order chi connectivity index (χ0) is 11.5. The highest BCUT2D eigenvalue weighted by atomic mass is 14.5. The van der Waals surface area contributed by atoms with Gasteiger partial charge < -0.3 is 5.73 Å². The number of hydrogen-bond acceptors (Lipinski definition) is 1. The normalized spacial score (nSPS) is 10.4. The summed E-state index contributed by atoms with van der Waals surface area (Å²) in [6.07, 6.45) is 0. The van der Waals surface area contributed by atoms with Crippen molar-refractivity contribution in [2.75, 3.05) is 0 Å². The van der Waals surface area contributed by atoms with Gasteiger partial charge in [0.2, 0.25) is 0 Å². The Kier molecular flexibility index (Phi) is 3.07. The van der Waals surface area contributed by atoms with E-state index in [0.29, 0.717) is 6.54 Å². The standard InChI is InChI=1S/C15H17N/c1-11-7-8-14(12(2)9-11)15-6-4-3-5-13(15)10-16/h3-9H,10,16H2,1-2H3. The van der Waals surface area contributed by atoms with Crippen LogP contribution in [0, 0.1) is 13.8 Å². The van der Waals surface area contributed by atoms with Crippen LogP contribution in [-0.4, -0.2) is 0 Å². The molecular weight excluding hydrogens is 194 g/mol. The summed E-state index contributed by atoms with van der Waals surface area (Å²) < 4.78 is 0. The number of aryl methyl sites for hydroxylation is 2. The van der Waals surface area contributed by atoms with E-state index in [1.807, 2.05) is 6.07 Å². The van der Waals surface area contributed by atoms with Crippen molar-refractivity contribution in [3.8, 4) is 11.1 Å². The third-order valence-corrected chi connectivity index (χ3v) is 2.91. The molecule has 16 heavy (non-hydrogen) atoms. The van der Waals surface area contributed by atoms with Gasteiger partial charge in [-0.1, -0.05) is 48.0 Å². The summed E-state index contributed by atoms with van der Waals surface area (Å²) in [5, 5.41) is 0. The molecular formula is C15H17N. The summed E-state index contributed by atoms with van der Waals surface area (Å²) in [5.41, 5.74) is 12.1. The van der Waals surface area contributed by atoms with Crippen LogP contribution in [0.1, 0.15) is 16.7 Å². The first-order valence-electron chi connectivity index (χ1n) is 5.58. The molecule has 2 aromatic rings. The van der Waals surface area contributed by atoms with Crippen molar-refractivity contribution in [2.45, 2.75) is 20.4 Å². The fourth-order valence-corrected chi connectivity index (χ4v) is 2.08. The summed E-state index contributed by atoms with van der Waals surface area (Å²) in [6.45, 7) is 4.85. The number of nitrogens with two attached hydrogens (primary N) is 1. The molecule has 0 spiro atoms. The van der Waals surface area contributed by atoms with E-state index in [9.17, 15) is 0 Å². The maximum Gasteiger partial charge on any atom is 0.0184 e. The summed E-state index contributed by atoms with van der Waals surface area (Å²) in [7, 11) is 0. The zero-order valence-corrected chi connectivity index (χ0v) is 9.83. The van der Waals surface area contributed by atoms with E-state index in [1.54, 1.807) is 0 Å². The van der Waals surface area contributed by atoms with Gasteiger partial charge in [0.25, 0.3) is 0 Å². The first-order chi connectivity index (χ1) is 7.72. The average Bonchev–Trinajstić information content (AvgIpc) is 2.29. The van der Waals surface area contributed by atoms with Crippen LogP contribution in [0.4, 0.5) is 0 Å². The summed E-state index contributed by atoms with van der Waals surface area (Å²) in [6, 6.07) is 14.9. The van der Waals surface area contributed by atoms with E-state index in [2.05, 4.69) is 50.2 Å². The maximum atomic E-state index is 5.77. The largest absolute Gasteiger partial charge is 0.326 e. The Labute approximate surface area is 96.9 Å². The predicted molar refractivity (Wildman–Crippen MR) is 69.2 cm³/mol. The first-order valence-corrected chi connectivity index (χ1v) is 5.58. The Bertz CT molecular complexity index is 501. The third kappa shape index (κ3) is 2.00. The fourth-order valence-electron chi connectivity index (χ4n) is 2.08. The molecule has 0 heterocycles. The van der Waals surface area contributed by atoms with Gasteiger partial charge in [0, 0.05) is 6.54 Å². The fraction of sp³-hybridized carbons (Fsp3) is 0.200. The molecule has 0 radical (unpaired) electrons. The van der Waals surface area contributed by atoms with Crippen molar-refractivity contribution < 1.29 is 0 Å². The van der Waals surface area contributed by atoms with E-state index in [1.165, 1.54) is 27.8 Å². The molecule has 0 atom stereocenters. The lowest BCUT2D eigenvalue weighted by atomic mass is 9.95. The maximum absolute atomic E-state index is 5.77. The zero-order valence-electron chi connectivity index (χ0n) is 9.83. The number of rotatable bonds is 2. The van der Waals surface area contributed by atoms with E-state index in [0.717, 1.165) is 0 Å². The van der Waals surface area contributed by atoms with Crippen molar-refractivity contribution in [1.29, 1.82) is 0 Å². The van der Waals surface area contributed by atoms with E-state index >= 15 is 0 Å². The molecule has 1 nitrogen and oxygen atoms in total. The van der Waals surface area contributed by atoms with Gasteiger partial charge >= 0.3 is 0 Å². The minimum absolute atomic E-state index is 0.587. The van der Waals surface area contributed by atoms with Gasteiger partial charge in [-0.2, -0.15) is 0 Å². The second-order valence-corrected chi connectivity index (χ2v) is 4.18. The summed E-state index contributed by atoms with van der Waals surface area (Å²) >= 11 is 0. The number of hydrogen-bond donors (Lipinski definition) is 1. The molecule has 0 fully saturated rings. The molecule has 0 aliphatic carbocycles. The van der Waals surface area contributed by atoms with Crippen molar-refractivity contribution in [1.82, 2.24) is 0 Å². The molecule has 0 unspecified atom stereocenters. The summed E-state index contributed by atoms with van der Waals surface area (Å²) in [5.74, 6) is 0. The summed E-state index contributed by atoms with van der Waals surface area (Å²) in [4.78, 5) is 0. The van der Waals surface area contributed by atoms with Crippen LogP contribution in [0.25, 0.3) is 11.1 Å². The van der Waals surface area contributed by atoms with Crippen molar-refractivity contribution in [2.24, 2.45) is 5.73 Å². The van der Waals surface area contributed by atoms with Crippen LogP contribution in [0.5, 0.6) is 0 Å². The lowest BCUT2D eigenvalue weighted by molar-refractivity contribution is 1.07. The lowest BCUT2D eigenvalue weighted by Crippen LogP contribution is -1.99. The average molecular weight is 211 g/mol. The Morgan fingerprint density at radius 3 is 2.38 bits per heavy atom. The second kappa shape index (κ2) is 4.50. The highest BCUT2D eigenvalue weighted by Crippen LogP contribution is 2.27. The Morgan fingerprint density at radius 1 is 0.938 bits per heavy atom. The van der Waals surface area contributed by atoms with E-state index < -0.39 is 0 Å². The van der Waals surface area contributed by atoms with Crippen LogP contribution in [0.15, 0.2) is 42.5 Å². The van der Waals surface area contributed by atoms with Gasteiger partial charge in [0.15, 0.2) is 0 Å². The van der Waals surface area contributed by atoms with Gasteiger partial charge in [-0.15, -0.1) is 0 Å². The molecule has 0 aliphatic heterocycles. The molecule has 1 heteroatoms. The highest BCUT2D eigenvalue weighted by molar-refractivity contribution is 5.70. The van der Waals surface area contributed by atoms with Crippen LogP contribution in [0.3, 0.4) is 0 Å². The third-order valence-electron chi connectivity index (χ3n) is 2.91. The molecule has 0 aromatic heterocycles. The molecule has 2 N–H and O–H groups in total. The smallest absolute Gasteiger partial charge is 0.0184 e. The van der Waals surface area contributed by atoms with Gasteiger partial charge in [0.1, 0.15) is 0 Å². The van der Waals surface area contributed by atoms with E-state index in [-0.39, 0.29) is 0 Å². The Balaban J connectivity index is 2.58. The quantitative estimate of drug-likeness (QED) is 0.809. The van der Waals surface area contributed by atoms with E-state index in [4.69, 9.17) is 5.73 Å². The van der Waals surface area contributed by atoms with Crippen LogP contribution in [0.2, 0.25) is 0 Å². The topological polar surface area (TPSA) is 26.0 Å². The Hall–Kier alpha value is -1.60. The van der Waals surface area contributed by atoms with Gasteiger partial charge in [-0.25, -0.2) is 0 Å². The minimum atomic E-state index is 0.587. The first kappa shape index (κ1) is 10.9.